The van der Waals surface area contributed by atoms with Crippen molar-refractivity contribution in [3.63, 3.8) is 0 Å². The number of nitrogens with one attached hydrogen (secondary N) is 1. The van der Waals surface area contributed by atoms with Gasteiger partial charge >= 0.3 is 0 Å². The normalized spacial score (nSPS) is 11.1. The first kappa shape index (κ1) is 26.3. The number of halogens is 1. The van der Waals surface area contributed by atoms with Gasteiger partial charge in [0.05, 0.1) is 24.2 Å². The van der Waals surface area contributed by atoms with Crippen LogP contribution in [0.25, 0.3) is 0 Å². The molecule has 1 amide bonds. The van der Waals surface area contributed by atoms with E-state index >= 15 is 0 Å². The van der Waals surface area contributed by atoms with Gasteiger partial charge in [-0.05, 0) is 72.1 Å². The van der Waals surface area contributed by atoms with Gasteiger partial charge in [0.2, 0.25) is 0 Å². The molecule has 190 valence electrons. The number of nitrogens with zero attached hydrogens (tertiary/aromatic N) is 1. The number of anilines is 1. The van der Waals surface area contributed by atoms with Crippen LogP contribution in [0.1, 0.15) is 27.0 Å². The number of amides is 1. The Balaban J connectivity index is 1.54. The average molecular weight is 535 g/mol. The van der Waals surface area contributed by atoms with E-state index in [1.165, 1.54) is 4.31 Å². The molecule has 4 aromatic carbocycles. The molecule has 8 heteroatoms. The van der Waals surface area contributed by atoms with E-state index in [0.29, 0.717) is 22.8 Å². The number of carbonyl (C=O) groups is 1. The summed E-state index contributed by atoms with van der Waals surface area (Å²) in [6, 6.07) is 27.8. The summed E-state index contributed by atoms with van der Waals surface area (Å²) in [6.45, 7) is 2.29. The number of carbonyl (C=O) groups excluding carboxylic acids is 1. The molecule has 0 heterocycles. The van der Waals surface area contributed by atoms with Gasteiger partial charge in [-0.25, -0.2) is 8.42 Å². The Kier molecular flexibility index (Phi) is 8.16. The molecular formula is C29H27ClN2O4S. The molecule has 4 aromatic rings. The molecular weight excluding hydrogens is 508 g/mol. The van der Waals surface area contributed by atoms with Crippen LogP contribution in [0.3, 0.4) is 0 Å². The van der Waals surface area contributed by atoms with Gasteiger partial charge in [-0.15, -0.1) is 0 Å². The standard InChI is InChI=1S/C29H27ClN2O4S/c1-21-8-15-25(30)18-28(21)32(37(34,35)27-6-4-3-5-7-27)20-23-9-13-24(14-10-23)29(33)31-19-22-11-16-26(36-2)17-12-22/h3-18H,19-20H2,1-2H3,(H,31,33). The third kappa shape index (κ3) is 6.31. The number of methoxy groups -OCH3 is 1. The first-order valence-electron chi connectivity index (χ1n) is 11.6. The van der Waals surface area contributed by atoms with Crippen LogP contribution in [0.4, 0.5) is 5.69 Å². The van der Waals surface area contributed by atoms with Crippen LogP contribution in [-0.4, -0.2) is 21.4 Å². The Labute approximate surface area is 222 Å². The van der Waals surface area contributed by atoms with E-state index in [1.54, 1.807) is 79.9 Å². The molecule has 0 fully saturated rings. The van der Waals surface area contributed by atoms with Crippen LogP contribution in [0.2, 0.25) is 5.02 Å². The zero-order valence-electron chi connectivity index (χ0n) is 20.5. The monoisotopic (exact) mass is 534 g/mol. The van der Waals surface area contributed by atoms with Crippen molar-refractivity contribution in [2.45, 2.75) is 24.9 Å². The molecule has 6 nitrogen and oxygen atoms in total. The van der Waals surface area contributed by atoms with Crippen molar-refractivity contribution < 1.29 is 17.9 Å². The van der Waals surface area contributed by atoms with Crippen molar-refractivity contribution >= 4 is 33.2 Å². The molecule has 0 atom stereocenters. The molecule has 4 rings (SSSR count). The van der Waals surface area contributed by atoms with Gasteiger partial charge in [-0.2, -0.15) is 0 Å². The fourth-order valence-corrected chi connectivity index (χ4v) is 5.52. The summed E-state index contributed by atoms with van der Waals surface area (Å²) >= 11 is 6.23. The number of hydrogen-bond donors (Lipinski definition) is 1. The number of hydrogen-bond acceptors (Lipinski definition) is 4. The maximum Gasteiger partial charge on any atom is 0.264 e. The Bertz CT molecular complexity index is 1470. The second-order valence-corrected chi connectivity index (χ2v) is 10.8. The maximum atomic E-state index is 13.6. The maximum absolute atomic E-state index is 13.6. The number of benzene rings is 4. The highest BCUT2D eigenvalue weighted by atomic mass is 35.5. The van der Waals surface area contributed by atoms with Crippen LogP contribution >= 0.6 is 11.6 Å². The highest BCUT2D eigenvalue weighted by Crippen LogP contribution is 2.31. The van der Waals surface area contributed by atoms with E-state index in [1.807, 2.05) is 31.2 Å². The fraction of sp³-hybridized carbons (Fsp3) is 0.138. The first-order valence-corrected chi connectivity index (χ1v) is 13.4. The Hall–Kier alpha value is -3.81. The van der Waals surface area contributed by atoms with Crippen LogP contribution in [0.15, 0.2) is 102 Å². The topological polar surface area (TPSA) is 75.7 Å². The number of aryl methyl sites for hydroxylation is 1. The van der Waals surface area contributed by atoms with E-state index in [9.17, 15) is 13.2 Å². The molecule has 0 saturated heterocycles. The SMILES string of the molecule is COc1ccc(CNC(=O)c2ccc(CN(c3cc(Cl)ccc3C)S(=O)(=O)c3ccccc3)cc2)cc1. The Morgan fingerprint density at radius 1 is 0.892 bits per heavy atom. The summed E-state index contributed by atoms with van der Waals surface area (Å²) < 4.78 is 33.8. The van der Waals surface area contributed by atoms with E-state index in [-0.39, 0.29) is 17.3 Å². The zero-order chi connectivity index (χ0) is 26.4. The number of sulfonamides is 1. The van der Waals surface area contributed by atoms with Crippen molar-refractivity contribution in [2.75, 3.05) is 11.4 Å². The van der Waals surface area contributed by atoms with Crippen molar-refractivity contribution in [2.24, 2.45) is 0 Å². The van der Waals surface area contributed by atoms with Gasteiger partial charge in [0.25, 0.3) is 15.9 Å². The lowest BCUT2D eigenvalue weighted by molar-refractivity contribution is 0.0951. The summed E-state index contributed by atoms with van der Waals surface area (Å²) in [7, 11) is -2.27. The third-order valence-electron chi connectivity index (χ3n) is 5.93. The molecule has 0 spiro atoms. The summed E-state index contributed by atoms with van der Waals surface area (Å²) in [6.07, 6.45) is 0. The van der Waals surface area contributed by atoms with E-state index in [2.05, 4.69) is 5.32 Å². The van der Waals surface area contributed by atoms with Gasteiger partial charge in [-0.3, -0.25) is 9.10 Å². The van der Waals surface area contributed by atoms with Gasteiger partial charge in [0.15, 0.2) is 0 Å². The quantitative estimate of drug-likeness (QED) is 0.286. The molecule has 0 saturated carbocycles. The minimum absolute atomic E-state index is 0.0756. The summed E-state index contributed by atoms with van der Waals surface area (Å²) in [5.74, 6) is 0.531. The lowest BCUT2D eigenvalue weighted by atomic mass is 10.1. The van der Waals surface area contributed by atoms with Crippen molar-refractivity contribution in [1.82, 2.24) is 5.32 Å². The summed E-state index contributed by atoms with van der Waals surface area (Å²) in [5.41, 5.74) is 3.43. The van der Waals surface area contributed by atoms with E-state index in [4.69, 9.17) is 16.3 Å². The molecule has 0 radical (unpaired) electrons. The average Bonchev–Trinajstić information content (AvgIpc) is 2.93. The van der Waals surface area contributed by atoms with Crippen molar-refractivity contribution in [3.8, 4) is 5.75 Å². The largest absolute Gasteiger partial charge is 0.497 e. The molecule has 1 N–H and O–H groups in total. The van der Waals surface area contributed by atoms with Gasteiger partial charge in [-0.1, -0.05) is 60.1 Å². The lowest BCUT2D eigenvalue weighted by Crippen LogP contribution is -2.31. The van der Waals surface area contributed by atoms with E-state index in [0.717, 1.165) is 22.4 Å². The van der Waals surface area contributed by atoms with Crippen molar-refractivity contribution in [3.05, 3.63) is 124 Å². The van der Waals surface area contributed by atoms with Gasteiger partial charge < -0.3 is 10.1 Å². The first-order chi connectivity index (χ1) is 17.8. The van der Waals surface area contributed by atoms with Gasteiger partial charge in [0.1, 0.15) is 5.75 Å². The Morgan fingerprint density at radius 2 is 1.54 bits per heavy atom. The van der Waals surface area contributed by atoms with Crippen LogP contribution in [-0.2, 0) is 23.1 Å². The highest BCUT2D eigenvalue weighted by Gasteiger charge is 2.26. The minimum atomic E-state index is -3.88. The van der Waals surface area contributed by atoms with Crippen LogP contribution < -0.4 is 14.4 Å². The zero-order valence-corrected chi connectivity index (χ0v) is 22.1. The van der Waals surface area contributed by atoms with Crippen molar-refractivity contribution in [1.29, 1.82) is 0 Å². The smallest absolute Gasteiger partial charge is 0.264 e. The second kappa shape index (κ2) is 11.5. The molecule has 0 aromatic heterocycles. The highest BCUT2D eigenvalue weighted by molar-refractivity contribution is 7.92. The van der Waals surface area contributed by atoms with E-state index < -0.39 is 10.0 Å². The molecule has 0 aliphatic carbocycles. The molecule has 0 aliphatic rings. The van der Waals surface area contributed by atoms with Crippen LogP contribution in [0.5, 0.6) is 5.75 Å². The third-order valence-corrected chi connectivity index (χ3v) is 7.93. The Morgan fingerprint density at radius 3 is 2.19 bits per heavy atom. The molecule has 37 heavy (non-hydrogen) atoms. The van der Waals surface area contributed by atoms with Crippen LogP contribution in [0, 0.1) is 6.92 Å². The predicted octanol–water partition coefficient (Wildman–Crippen LogP) is 5.98. The number of ether oxygens (including phenoxy) is 1. The summed E-state index contributed by atoms with van der Waals surface area (Å²) in [4.78, 5) is 12.8. The molecule has 0 aliphatic heterocycles. The lowest BCUT2D eigenvalue weighted by Gasteiger charge is -2.26. The summed E-state index contributed by atoms with van der Waals surface area (Å²) in [5, 5.41) is 3.34. The predicted molar refractivity (Wildman–Crippen MR) is 147 cm³/mol. The number of rotatable bonds is 9. The molecule has 0 bridgehead atoms. The minimum Gasteiger partial charge on any atom is -0.497 e. The second-order valence-electron chi connectivity index (χ2n) is 8.48. The van der Waals surface area contributed by atoms with Gasteiger partial charge in [0, 0.05) is 17.1 Å². The molecule has 0 unspecified atom stereocenters. The fourth-order valence-electron chi connectivity index (χ4n) is 3.83.